The molecule has 0 bridgehead atoms. The lowest BCUT2D eigenvalue weighted by molar-refractivity contribution is 0.0119. The molecule has 0 radical (unpaired) electrons. The third kappa shape index (κ3) is 1.86. The third-order valence-electron chi connectivity index (χ3n) is 3.76. The number of cyclic esters (lactones) is 1. The monoisotopic (exact) mass is 197 g/mol. The molecule has 1 saturated heterocycles. The fourth-order valence-corrected chi connectivity index (χ4v) is 2.67. The largest absolute Gasteiger partial charge is 0.449 e. The van der Waals surface area contributed by atoms with Gasteiger partial charge in [0.2, 0.25) is 0 Å². The lowest BCUT2D eigenvalue weighted by atomic mass is 9.70. The van der Waals surface area contributed by atoms with Gasteiger partial charge < -0.3 is 10.1 Å². The van der Waals surface area contributed by atoms with Crippen LogP contribution >= 0.6 is 0 Å². The Morgan fingerprint density at radius 2 is 2.07 bits per heavy atom. The number of carbonyl (C=O) groups excluding carboxylic acids is 1. The Labute approximate surface area is 85.2 Å². The van der Waals surface area contributed by atoms with Gasteiger partial charge in [-0.25, -0.2) is 4.79 Å². The van der Waals surface area contributed by atoms with Crippen molar-refractivity contribution in [2.45, 2.75) is 39.0 Å². The highest BCUT2D eigenvalue weighted by Crippen LogP contribution is 2.39. The molecule has 0 aromatic rings. The van der Waals surface area contributed by atoms with Crippen molar-refractivity contribution in [3.63, 3.8) is 0 Å². The number of carbonyl (C=O) groups is 1. The Bertz CT molecular complexity index is 211. The Kier molecular flexibility index (Phi) is 2.66. The first-order valence-corrected chi connectivity index (χ1v) is 5.61. The molecule has 2 fully saturated rings. The van der Waals surface area contributed by atoms with E-state index >= 15 is 0 Å². The zero-order chi connectivity index (χ0) is 10.0. The zero-order valence-corrected chi connectivity index (χ0v) is 8.84. The highest BCUT2D eigenvalue weighted by molar-refractivity contribution is 5.68. The van der Waals surface area contributed by atoms with Gasteiger partial charge in [-0.05, 0) is 18.8 Å². The van der Waals surface area contributed by atoms with E-state index in [1.54, 1.807) is 0 Å². The van der Waals surface area contributed by atoms with Gasteiger partial charge in [0.15, 0.2) is 0 Å². The summed E-state index contributed by atoms with van der Waals surface area (Å²) in [5, 5.41) is 2.81. The maximum absolute atomic E-state index is 10.9. The molecule has 0 aromatic heterocycles. The van der Waals surface area contributed by atoms with Gasteiger partial charge >= 0.3 is 6.09 Å². The average molecular weight is 197 g/mol. The van der Waals surface area contributed by atoms with E-state index in [4.69, 9.17) is 4.74 Å². The lowest BCUT2D eigenvalue weighted by Gasteiger charge is -2.41. The molecule has 1 aliphatic carbocycles. The van der Waals surface area contributed by atoms with E-state index in [0.717, 1.165) is 12.5 Å². The van der Waals surface area contributed by atoms with Crippen molar-refractivity contribution in [2.75, 3.05) is 13.2 Å². The molecule has 3 nitrogen and oxygen atoms in total. The first-order chi connectivity index (χ1) is 6.71. The summed E-state index contributed by atoms with van der Waals surface area (Å²) >= 11 is 0. The number of ether oxygens (including phenoxy) is 1. The molecule has 1 atom stereocenters. The standard InChI is InChI=1S/C11H19NO2/c1-11(7-12-10(13)14-8-11)9-5-3-2-4-6-9/h9H,2-8H2,1H3,(H,12,13). The minimum atomic E-state index is -0.252. The zero-order valence-electron chi connectivity index (χ0n) is 8.84. The van der Waals surface area contributed by atoms with Crippen LogP contribution in [0.4, 0.5) is 4.79 Å². The van der Waals surface area contributed by atoms with Crippen molar-refractivity contribution in [3.05, 3.63) is 0 Å². The van der Waals surface area contributed by atoms with E-state index in [0.29, 0.717) is 6.61 Å². The van der Waals surface area contributed by atoms with Crippen LogP contribution in [0.2, 0.25) is 0 Å². The van der Waals surface area contributed by atoms with Crippen LogP contribution in [0, 0.1) is 11.3 Å². The number of rotatable bonds is 1. The quantitative estimate of drug-likeness (QED) is 0.700. The highest BCUT2D eigenvalue weighted by Gasteiger charge is 2.39. The molecule has 2 aliphatic rings. The number of amides is 1. The van der Waals surface area contributed by atoms with Crippen LogP contribution in [0.3, 0.4) is 0 Å². The van der Waals surface area contributed by atoms with E-state index in [1.807, 2.05) is 0 Å². The summed E-state index contributed by atoms with van der Waals surface area (Å²) in [6.07, 6.45) is 6.41. The SMILES string of the molecule is CC1(C2CCCCC2)CNC(=O)OC1. The smallest absolute Gasteiger partial charge is 0.407 e. The molecule has 2 rings (SSSR count). The second kappa shape index (κ2) is 3.79. The number of alkyl carbamates (subject to hydrolysis) is 1. The second-order valence-electron chi connectivity index (χ2n) is 4.92. The van der Waals surface area contributed by atoms with E-state index in [9.17, 15) is 4.79 Å². The number of nitrogens with one attached hydrogen (secondary N) is 1. The molecule has 1 unspecified atom stereocenters. The molecule has 1 aliphatic heterocycles. The van der Waals surface area contributed by atoms with Crippen LogP contribution < -0.4 is 5.32 Å². The van der Waals surface area contributed by atoms with E-state index in [2.05, 4.69) is 12.2 Å². The van der Waals surface area contributed by atoms with Gasteiger partial charge in [0, 0.05) is 12.0 Å². The van der Waals surface area contributed by atoms with Crippen molar-refractivity contribution in [1.82, 2.24) is 5.32 Å². The van der Waals surface area contributed by atoms with E-state index < -0.39 is 0 Å². The van der Waals surface area contributed by atoms with Gasteiger partial charge in [-0.15, -0.1) is 0 Å². The van der Waals surface area contributed by atoms with E-state index in [-0.39, 0.29) is 11.5 Å². The van der Waals surface area contributed by atoms with Crippen LogP contribution in [-0.2, 0) is 4.74 Å². The molecule has 1 heterocycles. The van der Waals surface area contributed by atoms with Gasteiger partial charge in [-0.3, -0.25) is 0 Å². The maximum Gasteiger partial charge on any atom is 0.407 e. The normalized spacial score (nSPS) is 34.8. The molecular weight excluding hydrogens is 178 g/mol. The van der Waals surface area contributed by atoms with Crippen molar-refractivity contribution in [1.29, 1.82) is 0 Å². The molecule has 0 spiro atoms. The van der Waals surface area contributed by atoms with Crippen LogP contribution in [0.1, 0.15) is 39.0 Å². The minimum absolute atomic E-state index is 0.175. The van der Waals surface area contributed by atoms with Crippen LogP contribution in [0.25, 0.3) is 0 Å². The molecule has 3 heteroatoms. The summed E-state index contributed by atoms with van der Waals surface area (Å²) in [5.41, 5.74) is 0.175. The summed E-state index contributed by atoms with van der Waals surface area (Å²) in [4.78, 5) is 10.9. The molecular formula is C11H19NO2. The van der Waals surface area contributed by atoms with Crippen LogP contribution in [0.5, 0.6) is 0 Å². The van der Waals surface area contributed by atoms with Gasteiger partial charge in [-0.1, -0.05) is 26.2 Å². The minimum Gasteiger partial charge on any atom is -0.449 e. The topological polar surface area (TPSA) is 38.3 Å². The first kappa shape index (κ1) is 9.81. The Morgan fingerprint density at radius 3 is 2.64 bits per heavy atom. The predicted molar refractivity (Wildman–Crippen MR) is 54.0 cm³/mol. The second-order valence-corrected chi connectivity index (χ2v) is 4.92. The number of hydrogen-bond donors (Lipinski definition) is 1. The summed E-state index contributed by atoms with van der Waals surface area (Å²) < 4.78 is 5.10. The summed E-state index contributed by atoms with van der Waals surface area (Å²) in [5.74, 6) is 0.733. The molecule has 1 N–H and O–H groups in total. The first-order valence-electron chi connectivity index (χ1n) is 5.61. The molecule has 0 aromatic carbocycles. The van der Waals surface area contributed by atoms with Crippen LogP contribution in [0.15, 0.2) is 0 Å². The van der Waals surface area contributed by atoms with Gasteiger partial charge in [0.25, 0.3) is 0 Å². The van der Waals surface area contributed by atoms with Crippen molar-refractivity contribution < 1.29 is 9.53 Å². The Morgan fingerprint density at radius 1 is 1.36 bits per heavy atom. The lowest BCUT2D eigenvalue weighted by Crippen LogP contribution is -2.50. The van der Waals surface area contributed by atoms with Gasteiger partial charge in [-0.2, -0.15) is 0 Å². The fraction of sp³-hybridized carbons (Fsp3) is 0.909. The maximum atomic E-state index is 10.9. The van der Waals surface area contributed by atoms with E-state index in [1.165, 1.54) is 32.1 Å². The van der Waals surface area contributed by atoms with Crippen LogP contribution in [-0.4, -0.2) is 19.2 Å². The molecule has 1 amide bonds. The van der Waals surface area contributed by atoms with Crippen molar-refractivity contribution in [3.8, 4) is 0 Å². The summed E-state index contributed by atoms with van der Waals surface area (Å²) in [6.45, 7) is 3.63. The summed E-state index contributed by atoms with van der Waals surface area (Å²) in [6, 6.07) is 0. The fourth-order valence-electron chi connectivity index (χ4n) is 2.67. The van der Waals surface area contributed by atoms with Crippen molar-refractivity contribution in [2.24, 2.45) is 11.3 Å². The number of hydrogen-bond acceptors (Lipinski definition) is 2. The molecule has 80 valence electrons. The van der Waals surface area contributed by atoms with Gasteiger partial charge in [0.05, 0.1) is 0 Å². The predicted octanol–water partition coefficient (Wildman–Crippen LogP) is 2.31. The average Bonchev–Trinajstić information content (AvgIpc) is 2.24. The van der Waals surface area contributed by atoms with Crippen molar-refractivity contribution >= 4 is 6.09 Å². The Hall–Kier alpha value is -0.730. The molecule has 14 heavy (non-hydrogen) atoms. The highest BCUT2D eigenvalue weighted by atomic mass is 16.6. The summed E-state index contributed by atoms with van der Waals surface area (Å²) in [7, 11) is 0. The Balaban J connectivity index is 1.96. The third-order valence-corrected chi connectivity index (χ3v) is 3.76. The van der Waals surface area contributed by atoms with Gasteiger partial charge in [0.1, 0.15) is 6.61 Å². The molecule has 1 saturated carbocycles.